The molecule has 140 valence electrons. The van der Waals surface area contributed by atoms with E-state index in [-0.39, 0.29) is 11.8 Å². The highest BCUT2D eigenvalue weighted by molar-refractivity contribution is 6.09. The third-order valence-corrected chi connectivity index (χ3v) is 5.06. The molecule has 4 rings (SSSR count). The largest absolute Gasteiger partial charge is 0.326 e. The molecule has 0 saturated carbocycles. The molecule has 2 aromatic carbocycles. The minimum Gasteiger partial charge on any atom is -0.326 e. The number of rotatable bonds is 3. The number of pyridine rings is 1. The molecule has 2 heterocycles. The highest BCUT2D eigenvalue weighted by Crippen LogP contribution is 2.31. The maximum Gasteiger partial charge on any atom is 0.256 e. The molecule has 5 heteroatoms. The summed E-state index contributed by atoms with van der Waals surface area (Å²) in [4.78, 5) is 28.9. The second-order valence-electron chi connectivity index (χ2n) is 7.07. The van der Waals surface area contributed by atoms with E-state index in [2.05, 4.69) is 15.6 Å². The topological polar surface area (TPSA) is 71.1 Å². The number of benzene rings is 2. The first kappa shape index (κ1) is 17.9. The van der Waals surface area contributed by atoms with Crippen molar-refractivity contribution in [3.63, 3.8) is 0 Å². The van der Waals surface area contributed by atoms with Crippen LogP contribution < -0.4 is 10.6 Å². The Kier molecular flexibility index (Phi) is 4.65. The summed E-state index contributed by atoms with van der Waals surface area (Å²) in [6, 6.07) is 13.5. The highest BCUT2D eigenvalue weighted by atomic mass is 16.2. The summed E-state index contributed by atoms with van der Waals surface area (Å²) < 4.78 is 0. The van der Waals surface area contributed by atoms with E-state index in [0.29, 0.717) is 18.4 Å². The number of nitrogens with one attached hydrogen (secondary N) is 2. The Balaban J connectivity index is 1.67. The Bertz CT molecular complexity index is 1090. The van der Waals surface area contributed by atoms with Crippen LogP contribution in [0.2, 0.25) is 0 Å². The highest BCUT2D eigenvalue weighted by Gasteiger charge is 2.19. The van der Waals surface area contributed by atoms with Gasteiger partial charge < -0.3 is 10.6 Å². The molecule has 1 aromatic heterocycles. The van der Waals surface area contributed by atoms with Gasteiger partial charge in [-0.15, -0.1) is 0 Å². The van der Waals surface area contributed by atoms with Gasteiger partial charge in [-0.05, 0) is 60.7 Å². The van der Waals surface area contributed by atoms with Gasteiger partial charge in [0, 0.05) is 35.8 Å². The Morgan fingerprint density at radius 2 is 1.86 bits per heavy atom. The summed E-state index contributed by atoms with van der Waals surface area (Å²) in [5.41, 5.74) is 7.03. The fourth-order valence-electron chi connectivity index (χ4n) is 3.64. The summed E-state index contributed by atoms with van der Waals surface area (Å²) in [7, 11) is 0. The van der Waals surface area contributed by atoms with Gasteiger partial charge in [-0.25, -0.2) is 0 Å². The van der Waals surface area contributed by atoms with Gasteiger partial charge in [0.05, 0.1) is 5.56 Å². The standard InChI is InChI=1S/C23H21N3O2/c1-14-5-3-4-6-18(14)20-13-24-10-9-19(20)23(28)25-17-11-15(2)22-16(12-17)7-8-21(27)26-22/h3-6,9-13H,7-8H2,1-2H3,(H,25,28)(H,26,27). The molecule has 2 N–H and O–H groups in total. The van der Waals surface area contributed by atoms with Crippen LogP contribution in [0.3, 0.4) is 0 Å². The van der Waals surface area contributed by atoms with Gasteiger partial charge in [0.1, 0.15) is 0 Å². The van der Waals surface area contributed by atoms with Gasteiger partial charge in [-0.2, -0.15) is 0 Å². The predicted molar refractivity (Wildman–Crippen MR) is 110 cm³/mol. The molecule has 5 nitrogen and oxygen atoms in total. The number of amides is 2. The van der Waals surface area contributed by atoms with Crippen molar-refractivity contribution in [2.24, 2.45) is 0 Å². The number of carbonyl (C=O) groups excluding carboxylic acids is 2. The Morgan fingerprint density at radius 3 is 2.68 bits per heavy atom. The summed E-state index contributed by atoms with van der Waals surface area (Å²) in [5, 5.41) is 5.93. The summed E-state index contributed by atoms with van der Waals surface area (Å²) >= 11 is 0. The minimum atomic E-state index is -0.181. The zero-order chi connectivity index (χ0) is 19.7. The van der Waals surface area contributed by atoms with E-state index >= 15 is 0 Å². The molecule has 0 saturated heterocycles. The van der Waals surface area contributed by atoms with E-state index in [1.807, 2.05) is 50.2 Å². The summed E-state index contributed by atoms with van der Waals surface area (Å²) in [5.74, 6) is -0.146. The zero-order valence-corrected chi connectivity index (χ0v) is 15.9. The van der Waals surface area contributed by atoms with Crippen LogP contribution in [0.1, 0.15) is 33.5 Å². The van der Waals surface area contributed by atoms with E-state index in [9.17, 15) is 9.59 Å². The number of aryl methyl sites for hydroxylation is 3. The number of hydrogen-bond acceptors (Lipinski definition) is 3. The van der Waals surface area contributed by atoms with Crippen LogP contribution in [0.4, 0.5) is 11.4 Å². The molecule has 0 fully saturated rings. The number of hydrogen-bond donors (Lipinski definition) is 2. The van der Waals surface area contributed by atoms with Crippen LogP contribution in [-0.2, 0) is 11.2 Å². The van der Waals surface area contributed by atoms with Crippen molar-refractivity contribution in [2.45, 2.75) is 26.7 Å². The molecule has 1 aliphatic heterocycles. The van der Waals surface area contributed by atoms with Crippen molar-refractivity contribution in [3.8, 4) is 11.1 Å². The summed E-state index contributed by atoms with van der Waals surface area (Å²) in [6.07, 6.45) is 4.50. The normalized spacial score (nSPS) is 12.9. The Hall–Kier alpha value is -3.47. The van der Waals surface area contributed by atoms with Gasteiger partial charge in [0.15, 0.2) is 0 Å². The minimum absolute atomic E-state index is 0.0343. The SMILES string of the molecule is Cc1ccccc1-c1cnccc1C(=O)Nc1cc(C)c2c(c1)CCC(=O)N2. The number of aromatic nitrogens is 1. The number of anilines is 2. The average Bonchev–Trinajstić information content (AvgIpc) is 2.69. The molecular weight excluding hydrogens is 350 g/mol. The van der Waals surface area contributed by atoms with Crippen molar-refractivity contribution >= 4 is 23.2 Å². The van der Waals surface area contributed by atoms with Crippen molar-refractivity contribution in [2.75, 3.05) is 10.6 Å². The molecule has 0 bridgehead atoms. The van der Waals surface area contributed by atoms with Gasteiger partial charge >= 0.3 is 0 Å². The molecule has 28 heavy (non-hydrogen) atoms. The monoisotopic (exact) mass is 371 g/mol. The van der Waals surface area contributed by atoms with Crippen LogP contribution in [0.25, 0.3) is 11.1 Å². The zero-order valence-electron chi connectivity index (χ0n) is 15.9. The molecular formula is C23H21N3O2. The number of carbonyl (C=O) groups is 2. The van der Waals surface area contributed by atoms with Crippen LogP contribution in [-0.4, -0.2) is 16.8 Å². The average molecular weight is 371 g/mol. The molecule has 0 unspecified atom stereocenters. The van der Waals surface area contributed by atoms with Crippen LogP contribution in [0.15, 0.2) is 54.9 Å². The summed E-state index contributed by atoms with van der Waals surface area (Å²) in [6.45, 7) is 3.95. The number of nitrogens with zero attached hydrogens (tertiary/aromatic N) is 1. The molecule has 2 amide bonds. The van der Waals surface area contributed by atoms with Crippen molar-refractivity contribution < 1.29 is 9.59 Å². The quantitative estimate of drug-likeness (QED) is 0.712. The van der Waals surface area contributed by atoms with Gasteiger partial charge in [-0.1, -0.05) is 24.3 Å². The van der Waals surface area contributed by atoms with E-state index in [4.69, 9.17) is 0 Å². The molecule has 0 radical (unpaired) electrons. The van der Waals surface area contributed by atoms with Crippen LogP contribution in [0.5, 0.6) is 0 Å². The lowest BCUT2D eigenvalue weighted by molar-refractivity contribution is -0.116. The van der Waals surface area contributed by atoms with Gasteiger partial charge in [0.25, 0.3) is 5.91 Å². The molecule has 1 aliphatic rings. The molecule has 0 spiro atoms. The van der Waals surface area contributed by atoms with Gasteiger partial charge in [0.2, 0.25) is 5.91 Å². The maximum atomic E-state index is 13.0. The van der Waals surface area contributed by atoms with E-state index in [1.54, 1.807) is 18.5 Å². The second kappa shape index (κ2) is 7.27. The third-order valence-electron chi connectivity index (χ3n) is 5.06. The predicted octanol–water partition coefficient (Wildman–Crippen LogP) is 4.50. The van der Waals surface area contributed by atoms with E-state index < -0.39 is 0 Å². The first-order valence-corrected chi connectivity index (χ1v) is 9.27. The van der Waals surface area contributed by atoms with Crippen molar-refractivity contribution in [1.82, 2.24) is 4.98 Å². The lowest BCUT2D eigenvalue weighted by Gasteiger charge is -2.20. The first-order chi connectivity index (χ1) is 13.5. The Morgan fingerprint density at radius 1 is 1.04 bits per heavy atom. The van der Waals surface area contributed by atoms with Gasteiger partial charge in [-0.3, -0.25) is 14.6 Å². The fraction of sp³-hybridized carbons (Fsp3) is 0.174. The lowest BCUT2D eigenvalue weighted by Crippen LogP contribution is -2.20. The third kappa shape index (κ3) is 3.39. The van der Waals surface area contributed by atoms with Crippen molar-refractivity contribution in [3.05, 3.63) is 77.1 Å². The smallest absolute Gasteiger partial charge is 0.256 e. The molecule has 0 aliphatic carbocycles. The van der Waals surface area contributed by atoms with E-state index in [1.165, 1.54) is 0 Å². The maximum absolute atomic E-state index is 13.0. The van der Waals surface area contributed by atoms with Crippen LogP contribution >= 0.6 is 0 Å². The Labute approximate surface area is 163 Å². The lowest BCUT2D eigenvalue weighted by atomic mass is 9.97. The fourth-order valence-corrected chi connectivity index (χ4v) is 3.64. The molecule has 0 atom stereocenters. The van der Waals surface area contributed by atoms with Crippen LogP contribution in [0, 0.1) is 13.8 Å². The van der Waals surface area contributed by atoms with Crippen molar-refractivity contribution in [1.29, 1.82) is 0 Å². The first-order valence-electron chi connectivity index (χ1n) is 9.27. The van der Waals surface area contributed by atoms with E-state index in [0.717, 1.165) is 39.2 Å². The molecule has 3 aromatic rings. The number of fused-ring (bicyclic) bond motifs is 1. The second-order valence-corrected chi connectivity index (χ2v) is 7.07.